The number of rotatable bonds is 3. The Bertz CT molecular complexity index is 172. The molecule has 4 heteroatoms. The minimum absolute atomic E-state index is 0.529. The van der Waals surface area contributed by atoms with Gasteiger partial charge in [-0.1, -0.05) is 0 Å². The minimum Gasteiger partial charge on any atom is -0.385 e. The normalized spacial score (nSPS) is 13.4. The Kier molecular flexibility index (Phi) is 3.35. The SMILES string of the molecule is CC(O)C(=O)C=CC(N)=O. The summed E-state index contributed by atoms with van der Waals surface area (Å²) in [5, 5.41) is 8.58. The van der Waals surface area contributed by atoms with Gasteiger partial charge in [0.15, 0.2) is 5.78 Å². The lowest BCUT2D eigenvalue weighted by molar-refractivity contribution is -0.121. The Morgan fingerprint density at radius 2 is 2.00 bits per heavy atom. The van der Waals surface area contributed by atoms with Crippen LogP contribution in [0.1, 0.15) is 6.92 Å². The standard InChI is InChI=1S/C6H9NO3/c1-4(8)5(9)2-3-6(7)10/h2-4,8H,1H3,(H2,7,10). The van der Waals surface area contributed by atoms with Crippen molar-refractivity contribution in [3.05, 3.63) is 12.2 Å². The van der Waals surface area contributed by atoms with E-state index in [1.807, 2.05) is 0 Å². The first kappa shape index (κ1) is 8.84. The summed E-state index contributed by atoms with van der Waals surface area (Å²) in [5.41, 5.74) is 4.68. The van der Waals surface area contributed by atoms with E-state index < -0.39 is 17.8 Å². The van der Waals surface area contributed by atoms with Crippen molar-refractivity contribution >= 4 is 11.7 Å². The summed E-state index contributed by atoms with van der Waals surface area (Å²) in [6.07, 6.45) is 0.790. The fraction of sp³-hybridized carbons (Fsp3) is 0.333. The zero-order valence-corrected chi connectivity index (χ0v) is 5.57. The highest BCUT2D eigenvalue weighted by Gasteiger charge is 2.03. The zero-order chi connectivity index (χ0) is 8.15. The number of aliphatic hydroxyl groups is 1. The van der Waals surface area contributed by atoms with Crippen molar-refractivity contribution in [1.82, 2.24) is 0 Å². The molecule has 0 aromatic heterocycles. The zero-order valence-electron chi connectivity index (χ0n) is 5.57. The highest BCUT2D eigenvalue weighted by Crippen LogP contribution is 1.84. The Balaban J connectivity index is 3.90. The van der Waals surface area contributed by atoms with E-state index in [0.717, 1.165) is 12.2 Å². The van der Waals surface area contributed by atoms with E-state index in [0.29, 0.717) is 0 Å². The lowest BCUT2D eigenvalue weighted by Gasteiger charge is -1.93. The Morgan fingerprint density at radius 3 is 2.30 bits per heavy atom. The first-order valence-corrected chi connectivity index (χ1v) is 2.73. The molecule has 0 aromatic rings. The largest absolute Gasteiger partial charge is 0.385 e. The molecule has 0 fully saturated rings. The molecule has 1 unspecified atom stereocenters. The number of nitrogens with two attached hydrogens (primary N) is 1. The van der Waals surface area contributed by atoms with Crippen LogP contribution in [0.25, 0.3) is 0 Å². The molecule has 0 heterocycles. The predicted octanol–water partition coefficient (Wildman–Crippen LogP) is -1.02. The van der Waals surface area contributed by atoms with E-state index in [1.165, 1.54) is 6.92 Å². The van der Waals surface area contributed by atoms with Gasteiger partial charge in [0.25, 0.3) is 0 Å². The fourth-order valence-electron chi connectivity index (χ4n) is 0.304. The number of aliphatic hydroxyl groups excluding tert-OH is 1. The maximum atomic E-state index is 10.5. The number of hydrogen-bond donors (Lipinski definition) is 2. The van der Waals surface area contributed by atoms with Crippen molar-refractivity contribution in [2.45, 2.75) is 13.0 Å². The molecule has 0 aromatic carbocycles. The number of hydrogen-bond acceptors (Lipinski definition) is 3. The first-order valence-electron chi connectivity index (χ1n) is 2.73. The van der Waals surface area contributed by atoms with Crippen LogP contribution in [0.15, 0.2) is 12.2 Å². The van der Waals surface area contributed by atoms with Gasteiger partial charge in [-0.05, 0) is 13.0 Å². The molecule has 0 rings (SSSR count). The van der Waals surface area contributed by atoms with E-state index in [9.17, 15) is 9.59 Å². The van der Waals surface area contributed by atoms with Gasteiger partial charge < -0.3 is 10.8 Å². The summed E-state index contributed by atoms with van der Waals surface area (Å²) in [6, 6.07) is 0. The summed E-state index contributed by atoms with van der Waals surface area (Å²) in [6.45, 7) is 1.31. The van der Waals surface area contributed by atoms with Crippen LogP contribution in [0.2, 0.25) is 0 Å². The topological polar surface area (TPSA) is 80.4 Å². The Labute approximate surface area is 58.3 Å². The van der Waals surface area contributed by atoms with Crippen molar-refractivity contribution in [3.8, 4) is 0 Å². The fourth-order valence-corrected chi connectivity index (χ4v) is 0.304. The monoisotopic (exact) mass is 143 g/mol. The van der Waals surface area contributed by atoms with E-state index in [4.69, 9.17) is 5.11 Å². The van der Waals surface area contributed by atoms with Crippen molar-refractivity contribution in [1.29, 1.82) is 0 Å². The highest BCUT2D eigenvalue weighted by atomic mass is 16.3. The van der Waals surface area contributed by atoms with E-state index in [1.54, 1.807) is 0 Å². The van der Waals surface area contributed by atoms with Gasteiger partial charge in [-0.2, -0.15) is 0 Å². The lowest BCUT2D eigenvalue weighted by Crippen LogP contribution is -2.14. The molecule has 0 radical (unpaired) electrons. The summed E-state index contributed by atoms with van der Waals surface area (Å²) < 4.78 is 0. The number of ketones is 1. The molecule has 0 aliphatic heterocycles. The molecule has 56 valence electrons. The molecule has 0 bridgehead atoms. The van der Waals surface area contributed by atoms with Gasteiger partial charge in [0.1, 0.15) is 6.10 Å². The number of carbonyl (C=O) groups is 2. The number of primary amides is 1. The van der Waals surface area contributed by atoms with Crippen molar-refractivity contribution < 1.29 is 14.7 Å². The van der Waals surface area contributed by atoms with E-state index >= 15 is 0 Å². The molecule has 10 heavy (non-hydrogen) atoms. The second-order valence-corrected chi connectivity index (χ2v) is 1.81. The van der Waals surface area contributed by atoms with Gasteiger partial charge in [-0.3, -0.25) is 9.59 Å². The van der Waals surface area contributed by atoms with E-state index in [2.05, 4.69) is 5.73 Å². The Hall–Kier alpha value is -1.16. The van der Waals surface area contributed by atoms with Crippen molar-refractivity contribution in [2.24, 2.45) is 5.73 Å². The maximum absolute atomic E-state index is 10.5. The van der Waals surface area contributed by atoms with Crippen LogP contribution >= 0.6 is 0 Å². The smallest absolute Gasteiger partial charge is 0.241 e. The van der Waals surface area contributed by atoms with Crippen LogP contribution in [0, 0.1) is 0 Å². The molecular weight excluding hydrogens is 134 g/mol. The van der Waals surface area contributed by atoms with Crippen LogP contribution in [-0.2, 0) is 9.59 Å². The van der Waals surface area contributed by atoms with Crippen LogP contribution in [-0.4, -0.2) is 22.9 Å². The molecule has 0 saturated heterocycles. The third-order valence-corrected chi connectivity index (χ3v) is 0.824. The highest BCUT2D eigenvalue weighted by molar-refractivity contribution is 5.98. The summed E-state index contributed by atoms with van der Waals surface area (Å²) >= 11 is 0. The van der Waals surface area contributed by atoms with Crippen LogP contribution in [0.5, 0.6) is 0 Å². The second-order valence-electron chi connectivity index (χ2n) is 1.81. The second kappa shape index (κ2) is 3.79. The van der Waals surface area contributed by atoms with Gasteiger partial charge in [-0.15, -0.1) is 0 Å². The van der Waals surface area contributed by atoms with Crippen LogP contribution in [0.3, 0.4) is 0 Å². The molecule has 1 amide bonds. The van der Waals surface area contributed by atoms with Gasteiger partial charge >= 0.3 is 0 Å². The summed E-state index contributed by atoms with van der Waals surface area (Å²) in [7, 11) is 0. The first-order chi connectivity index (χ1) is 4.54. The molecule has 1 atom stereocenters. The maximum Gasteiger partial charge on any atom is 0.241 e. The summed E-state index contributed by atoms with van der Waals surface area (Å²) in [4.78, 5) is 20.5. The number of amides is 1. The molecule has 4 nitrogen and oxygen atoms in total. The van der Waals surface area contributed by atoms with Crippen LogP contribution < -0.4 is 5.73 Å². The minimum atomic E-state index is -1.07. The third kappa shape index (κ3) is 3.80. The third-order valence-electron chi connectivity index (χ3n) is 0.824. The van der Waals surface area contributed by atoms with Gasteiger partial charge in [0.2, 0.25) is 5.91 Å². The molecular formula is C6H9NO3. The van der Waals surface area contributed by atoms with Crippen molar-refractivity contribution in [3.63, 3.8) is 0 Å². The van der Waals surface area contributed by atoms with E-state index in [-0.39, 0.29) is 0 Å². The molecule has 0 saturated carbocycles. The molecule has 3 N–H and O–H groups in total. The number of carbonyl (C=O) groups excluding carboxylic acids is 2. The van der Waals surface area contributed by atoms with Gasteiger partial charge in [-0.25, -0.2) is 0 Å². The average Bonchev–Trinajstić information content (AvgIpc) is 1.82. The molecule has 0 spiro atoms. The lowest BCUT2D eigenvalue weighted by atomic mass is 10.2. The van der Waals surface area contributed by atoms with Gasteiger partial charge in [0.05, 0.1) is 0 Å². The van der Waals surface area contributed by atoms with Crippen molar-refractivity contribution in [2.75, 3.05) is 0 Å². The quantitative estimate of drug-likeness (QED) is 0.496. The predicted molar refractivity (Wildman–Crippen MR) is 35.0 cm³/mol. The van der Waals surface area contributed by atoms with Gasteiger partial charge in [0, 0.05) is 6.08 Å². The van der Waals surface area contributed by atoms with Crippen LogP contribution in [0.4, 0.5) is 0 Å². The summed E-state index contributed by atoms with van der Waals surface area (Å²) in [5.74, 6) is -1.23. The average molecular weight is 143 g/mol. The molecule has 0 aliphatic rings. The molecule has 0 aliphatic carbocycles. The Morgan fingerprint density at radius 1 is 1.50 bits per heavy atom.